The predicted molar refractivity (Wildman–Crippen MR) is 81.2 cm³/mol. The number of ether oxygens (including phenoxy) is 2. The van der Waals surface area contributed by atoms with Gasteiger partial charge in [-0.2, -0.15) is 0 Å². The minimum atomic E-state index is -1.08. The van der Waals surface area contributed by atoms with Gasteiger partial charge in [0.2, 0.25) is 0 Å². The summed E-state index contributed by atoms with van der Waals surface area (Å²) >= 11 is 0. The van der Waals surface area contributed by atoms with Crippen molar-refractivity contribution in [2.45, 2.75) is 31.9 Å². The molecule has 0 amide bonds. The predicted octanol–water partition coefficient (Wildman–Crippen LogP) is 2.40. The second-order valence-electron chi connectivity index (χ2n) is 6.71. The SMILES string of the molecule is COc1ccc(OC)c(C(C)(O)C(C)(C)[N+](C)(C)C)c1. The number of aliphatic hydroxyl groups is 1. The summed E-state index contributed by atoms with van der Waals surface area (Å²) in [5.74, 6) is 1.37. The van der Waals surface area contributed by atoms with Gasteiger partial charge >= 0.3 is 0 Å². The lowest BCUT2D eigenvalue weighted by Crippen LogP contribution is -2.63. The molecule has 0 radical (unpaired) electrons. The highest BCUT2D eigenvalue weighted by molar-refractivity contribution is 5.44. The summed E-state index contributed by atoms with van der Waals surface area (Å²) in [4.78, 5) is 0. The number of hydrogen-bond acceptors (Lipinski definition) is 3. The number of methoxy groups -OCH3 is 2. The third kappa shape index (κ3) is 2.63. The van der Waals surface area contributed by atoms with E-state index in [1.54, 1.807) is 14.2 Å². The molecular formula is C16H28NO3+. The second-order valence-corrected chi connectivity index (χ2v) is 6.71. The molecule has 4 heteroatoms. The van der Waals surface area contributed by atoms with Gasteiger partial charge in [-0.05, 0) is 39.0 Å². The first-order chi connectivity index (χ1) is 8.99. The van der Waals surface area contributed by atoms with E-state index in [-0.39, 0.29) is 0 Å². The van der Waals surface area contributed by atoms with E-state index in [2.05, 4.69) is 21.1 Å². The smallest absolute Gasteiger partial charge is 0.144 e. The van der Waals surface area contributed by atoms with Crippen LogP contribution >= 0.6 is 0 Å². The zero-order valence-corrected chi connectivity index (χ0v) is 13.9. The van der Waals surface area contributed by atoms with Crippen molar-refractivity contribution in [3.63, 3.8) is 0 Å². The first-order valence-corrected chi connectivity index (χ1v) is 6.75. The highest BCUT2D eigenvalue weighted by Gasteiger charge is 2.51. The summed E-state index contributed by atoms with van der Waals surface area (Å²) in [5, 5.41) is 11.2. The van der Waals surface area contributed by atoms with Crippen molar-refractivity contribution >= 4 is 0 Å². The maximum Gasteiger partial charge on any atom is 0.144 e. The normalized spacial score (nSPS) is 15.7. The van der Waals surface area contributed by atoms with Crippen LogP contribution in [0.5, 0.6) is 11.5 Å². The lowest BCUT2D eigenvalue weighted by molar-refractivity contribution is -0.929. The van der Waals surface area contributed by atoms with E-state index < -0.39 is 11.1 Å². The fraction of sp³-hybridized carbons (Fsp3) is 0.625. The van der Waals surface area contributed by atoms with Gasteiger partial charge in [-0.3, -0.25) is 0 Å². The molecule has 0 spiro atoms. The van der Waals surface area contributed by atoms with Gasteiger partial charge in [-0.1, -0.05) is 0 Å². The Kier molecular flexibility index (Phi) is 4.42. The fourth-order valence-corrected chi connectivity index (χ4v) is 2.18. The molecule has 0 aliphatic heterocycles. The van der Waals surface area contributed by atoms with Gasteiger partial charge in [0.1, 0.15) is 22.6 Å². The van der Waals surface area contributed by atoms with Crippen molar-refractivity contribution in [1.82, 2.24) is 0 Å². The molecule has 1 unspecified atom stereocenters. The van der Waals surface area contributed by atoms with Crippen molar-refractivity contribution in [1.29, 1.82) is 0 Å². The van der Waals surface area contributed by atoms with Crippen LogP contribution in [0.25, 0.3) is 0 Å². The Labute approximate surface area is 122 Å². The van der Waals surface area contributed by atoms with Gasteiger partial charge in [0.25, 0.3) is 0 Å². The van der Waals surface area contributed by atoms with Crippen LogP contribution < -0.4 is 9.47 Å². The summed E-state index contributed by atoms with van der Waals surface area (Å²) in [6.07, 6.45) is 0. The zero-order valence-electron chi connectivity index (χ0n) is 13.9. The van der Waals surface area contributed by atoms with Crippen molar-refractivity contribution in [2.24, 2.45) is 0 Å². The highest BCUT2D eigenvalue weighted by atomic mass is 16.5. The van der Waals surface area contributed by atoms with Crippen molar-refractivity contribution < 1.29 is 19.1 Å². The van der Waals surface area contributed by atoms with Crippen LogP contribution in [0.15, 0.2) is 18.2 Å². The summed E-state index contributed by atoms with van der Waals surface area (Å²) in [7, 11) is 9.44. The lowest BCUT2D eigenvalue weighted by atomic mass is 9.76. The quantitative estimate of drug-likeness (QED) is 0.843. The average molecular weight is 282 g/mol. The molecule has 1 N–H and O–H groups in total. The minimum absolute atomic E-state index is 0.424. The van der Waals surface area contributed by atoms with Gasteiger partial charge < -0.3 is 19.1 Å². The molecule has 0 saturated heterocycles. The molecule has 0 bridgehead atoms. The van der Waals surface area contributed by atoms with Gasteiger partial charge in [0.05, 0.1) is 35.4 Å². The molecule has 4 nitrogen and oxygen atoms in total. The third-order valence-electron chi connectivity index (χ3n) is 4.80. The Bertz CT molecular complexity index is 473. The number of quaternary nitrogens is 1. The van der Waals surface area contributed by atoms with Crippen LogP contribution in [0.2, 0.25) is 0 Å². The van der Waals surface area contributed by atoms with Crippen LogP contribution in [0.3, 0.4) is 0 Å². The first-order valence-electron chi connectivity index (χ1n) is 6.75. The summed E-state index contributed by atoms with van der Waals surface area (Å²) < 4.78 is 11.3. The van der Waals surface area contributed by atoms with E-state index in [4.69, 9.17) is 9.47 Å². The molecule has 0 aromatic heterocycles. The van der Waals surface area contributed by atoms with Crippen LogP contribution in [-0.2, 0) is 5.60 Å². The van der Waals surface area contributed by atoms with Crippen LogP contribution in [0, 0.1) is 0 Å². The average Bonchev–Trinajstić information content (AvgIpc) is 2.36. The molecule has 1 atom stereocenters. The van der Waals surface area contributed by atoms with E-state index >= 15 is 0 Å². The van der Waals surface area contributed by atoms with Crippen molar-refractivity contribution in [2.75, 3.05) is 35.4 Å². The summed E-state index contributed by atoms with van der Waals surface area (Å²) in [5.41, 5.74) is -0.769. The molecule has 1 rings (SSSR count). The molecule has 0 saturated carbocycles. The van der Waals surface area contributed by atoms with E-state index in [1.807, 2.05) is 39.0 Å². The van der Waals surface area contributed by atoms with Crippen LogP contribution in [0.1, 0.15) is 26.3 Å². The number of likely N-dealkylation sites (N-methyl/N-ethyl adjacent to an activating group) is 1. The highest BCUT2D eigenvalue weighted by Crippen LogP contribution is 2.43. The maximum absolute atomic E-state index is 11.2. The summed E-state index contributed by atoms with van der Waals surface area (Å²) in [6, 6.07) is 5.50. The minimum Gasteiger partial charge on any atom is -0.497 e. The number of hydrogen-bond donors (Lipinski definition) is 1. The molecule has 0 aliphatic rings. The van der Waals surface area contributed by atoms with Crippen molar-refractivity contribution in [3.8, 4) is 11.5 Å². The van der Waals surface area contributed by atoms with Gasteiger partial charge in [0.15, 0.2) is 0 Å². The van der Waals surface area contributed by atoms with E-state index in [1.165, 1.54) is 0 Å². The Hall–Kier alpha value is -1.26. The van der Waals surface area contributed by atoms with Crippen LogP contribution in [-0.4, -0.2) is 50.5 Å². The topological polar surface area (TPSA) is 38.7 Å². The molecule has 114 valence electrons. The monoisotopic (exact) mass is 282 g/mol. The molecule has 0 aliphatic carbocycles. The van der Waals surface area contributed by atoms with Gasteiger partial charge in [-0.25, -0.2) is 0 Å². The van der Waals surface area contributed by atoms with Crippen molar-refractivity contribution in [3.05, 3.63) is 23.8 Å². The summed E-state index contributed by atoms with van der Waals surface area (Å²) in [6.45, 7) is 5.92. The fourth-order valence-electron chi connectivity index (χ4n) is 2.18. The van der Waals surface area contributed by atoms with Crippen LogP contribution in [0.4, 0.5) is 0 Å². The van der Waals surface area contributed by atoms with E-state index in [0.29, 0.717) is 16.0 Å². The number of rotatable bonds is 5. The molecule has 0 fully saturated rings. The van der Waals surface area contributed by atoms with Gasteiger partial charge in [0, 0.05) is 5.56 Å². The molecular weight excluding hydrogens is 254 g/mol. The number of benzene rings is 1. The zero-order chi connectivity index (χ0) is 15.8. The Morgan fingerprint density at radius 3 is 1.95 bits per heavy atom. The number of nitrogens with zero attached hydrogens (tertiary/aromatic N) is 1. The lowest BCUT2D eigenvalue weighted by Gasteiger charge is -2.50. The largest absolute Gasteiger partial charge is 0.497 e. The Morgan fingerprint density at radius 1 is 1.00 bits per heavy atom. The third-order valence-corrected chi connectivity index (χ3v) is 4.80. The van der Waals surface area contributed by atoms with Gasteiger partial charge in [-0.15, -0.1) is 0 Å². The maximum atomic E-state index is 11.2. The Morgan fingerprint density at radius 2 is 1.55 bits per heavy atom. The molecule has 1 aromatic carbocycles. The molecule has 1 aromatic rings. The second kappa shape index (κ2) is 5.26. The van der Waals surface area contributed by atoms with E-state index in [9.17, 15) is 5.11 Å². The molecule has 20 heavy (non-hydrogen) atoms. The Balaban J connectivity index is 3.48. The van der Waals surface area contributed by atoms with E-state index in [0.717, 1.165) is 5.56 Å². The molecule has 0 heterocycles. The first kappa shape index (κ1) is 16.8. The standard InChI is InChI=1S/C16H28NO3/c1-15(2,17(4,5)6)16(3,18)13-11-12(19-7)9-10-14(13)20-8/h9-11,18H,1-8H3/q+1.